The first-order valence-corrected chi connectivity index (χ1v) is 10.6. The quantitative estimate of drug-likeness (QED) is 0.266. The van der Waals surface area contributed by atoms with E-state index in [0.29, 0.717) is 0 Å². The molecule has 0 bridgehead atoms. The van der Waals surface area contributed by atoms with Crippen LogP contribution in [0.15, 0.2) is 0 Å². The molecule has 0 aliphatic rings. The fraction of sp³-hybridized carbons (Fsp3) is 1.00. The molecule has 0 saturated carbocycles. The standard InChI is InChI=1S/C21H46N2.ClH/c1-4-5-6-7-8-9-10-11-12-13-14-15-16-17-19-22-20-18-21-23(2)3;/h22H,4-21H2,1-3H3;1H. The molecular weight excluding hydrogens is 316 g/mol. The second-order valence-electron chi connectivity index (χ2n) is 7.50. The second-order valence-corrected chi connectivity index (χ2v) is 7.50. The van der Waals surface area contributed by atoms with E-state index >= 15 is 0 Å². The molecule has 0 unspecified atom stereocenters. The van der Waals surface area contributed by atoms with Gasteiger partial charge in [0.1, 0.15) is 0 Å². The molecule has 0 heterocycles. The van der Waals surface area contributed by atoms with Gasteiger partial charge in [-0.15, -0.1) is 12.4 Å². The molecule has 3 heteroatoms. The molecule has 0 aromatic heterocycles. The lowest BCUT2D eigenvalue weighted by Gasteiger charge is -2.09. The van der Waals surface area contributed by atoms with Gasteiger partial charge in [-0.2, -0.15) is 0 Å². The molecule has 0 atom stereocenters. The van der Waals surface area contributed by atoms with Gasteiger partial charge in [0, 0.05) is 0 Å². The number of hydrogen-bond donors (Lipinski definition) is 1. The minimum absolute atomic E-state index is 0. The van der Waals surface area contributed by atoms with E-state index in [4.69, 9.17) is 0 Å². The maximum absolute atomic E-state index is 3.56. The summed E-state index contributed by atoms with van der Waals surface area (Å²) in [6.07, 6.45) is 21.5. The van der Waals surface area contributed by atoms with Crippen LogP contribution in [0.5, 0.6) is 0 Å². The molecular formula is C21H47ClN2. The smallest absolute Gasteiger partial charge is 0.00127 e. The molecule has 1 N–H and O–H groups in total. The zero-order chi connectivity index (χ0) is 17.0. The molecule has 24 heavy (non-hydrogen) atoms. The highest BCUT2D eigenvalue weighted by Gasteiger charge is 1.94. The van der Waals surface area contributed by atoms with Crippen LogP contribution >= 0.6 is 12.4 Å². The normalized spacial score (nSPS) is 11.0. The molecule has 0 spiro atoms. The maximum atomic E-state index is 3.56. The average molecular weight is 363 g/mol. The summed E-state index contributed by atoms with van der Waals surface area (Å²) >= 11 is 0. The molecule has 0 radical (unpaired) electrons. The maximum Gasteiger partial charge on any atom is -0.00127 e. The largest absolute Gasteiger partial charge is 0.317 e. The summed E-state index contributed by atoms with van der Waals surface area (Å²) in [5.74, 6) is 0. The Kier molecular flexibility index (Phi) is 25.6. The summed E-state index contributed by atoms with van der Waals surface area (Å²) in [5.41, 5.74) is 0. The van der Waals surface area contributed by atoms with Crippen molar-refractivity contribution in [2.24, 2.45) is 0 Å². The van der Waals surface area contributed by atoms with Crippen LogP contribution in [0.4, 0.5) is 0 Å². The summed E-state index contributed by atoms with van der Waals surface area (Å²) < 4.78 is 0. The third-order valence-electron chi connectivity index (χ3n) is 4.67. The first kappa shape index (κ1) is 26.4. The van der Waals surface area contributed by atoms with Gasteiger partial charge in [0.25, 0.3) is 0 Å². The highest BCUT2D eigenvalue weighted by atomic mass is 35.5. The van der Waals surface area contributed by atoms with E-state index in [9.17, 15) is 0 Å². The van der Waals surface area contributed by atoms with Crippen molar-refractivity contribution in [3.8, 4) is 0 Å². The number of unbranched alkanes of at least 4 members (excludes halogenated alkanes) is 13. The minimum Gasteiger partial charge on any atom is -0.317 e. The Hall–Kier alpha value is 0.210. The molecule has 0 amide bonds. The molecule has 0 aromatic rings. The van der Waals surface area contributed by atoms with Gasteiger partial charge in [-0.05, 0) is 46.6 Å². The van der Waals surface area contributed by atoms with Gasteiger partial charge in [0.05, 0.1) is 0 Å². The number of nitrogens with zero attached hydrogens (tertiary/aromatic N) is 1. The van der Waals surface area contributed by atoms with Gasteiger partial charge in [0.15, 0.2) is 0 Å². The lowest BCUT2D eigenvalue weighted by atomic mass is 10.0. The van der Waals surface area contributed by atoms with Gasteiger partial charge in [-0.3, -0.25) is 0 Å². The van der Waals surface area contributed by atoms with E-state index in [2.05, 4.69) is 31.2 Å². The van der Waals surface area contributed by atoms with Crippen molar-refractivity contribution in [3.63, 3.8) is 0 Å². The van der Waals surface area contributed by atoms with E-state index in [-0.39, 0.29) is 12.4 Å². The fourth-order valence-electron chi connectivity index (χ4n) is 3.09. The lowest BCUT2D eigenvalue weighted by molar-refractivity contribution is 0.393. The highest BCUT2D eigenvalue weighted by molar-refractivity contribution is 5.85. The molecule has 0 aromatic carbocycles. The van der Waals surface area contributed by atoms with Crippen LogP contribution in [-0.4, -0.2) is 38.6 Å². The van der Waals surface area contributed by atoms with Crippen LogP contribution in [0.3, 0.4) is 0 Å². The first-order valence-electron chi connectivity index (χ1n) is 10.6. The van der Waals surface area contributed by atoms with Gasteiger partial charge in [-0.25, -0.2) is 0 Å². The molecule has 148 valence electrons. The lowest BCUT2D eigenvalue weighted by Crippen LogP contribution is -2.22. The van der Waals surface area contributed by atoms with Gasteiger partial charge < -0.3 is 10.2 Å². The number of nitrogens with one attached hydrogen (secondary N) is 1. The van der Waals surface area contributed by atoms with E-state index in [0.717, 1.165) is 0 Å². The molecule has 0 rings (SSSR count). The Morgan fingerprint density at radius 3 is 1.33 bits per heavy atom. The van der Waals surface area contributed by atoms with Crippen LogP contribution in [0.25, 0.3) is 0 Å². The van der Waals surface area contributed by atoms with E-state index in [1.54, 1.807) is 0 Å². The third kappa shape index (κ3) is 24.5. The van der Waals surface area contributed by atoms with Crippen molar-refractivity contribution < 1.29 is 0 Å². The monoisotopic (exact) mass is 362 g/mol. The van der Waals surface area contributed by atoms with Crippen LogP contribution < -0.4 is 5.32 Å². The Morgan fingerprint density at radius 1 is 0.542 bits per heavy atom. The average Bonchev–Trinajstić information content (AvgIpc) is 2.53. The summed E-state index contributed by atoms with van der Waals surface area (Å²) in [7, 11) is 4.29. The number of halogens is 1. The van der Waals surface area contributed by atoms with Crippen molar-refractivity contribution in [1.29, 1.82) is 0 Å². The Balaban J connectivity index is 0. The first-order chi connectivity index (χ1) is 11.3. The second kappa shape index (κ2) is 23.2. The summed E-state index contributed by atoms with van der Waals surface area (Å²) in [6, 6.07) is 0. The zero-order valence-corrected chi connectivity index (χ0v) is 17.9. The van der Waals surface area contributed by atoms with Crippen LogP contribution in [0, 0.1) is 0 Å². The SMILES string of the molecule is CCCCCCCCCCCCCCCCNCCCN(C)C.Cl. The van der Waals surface area contributed by atoms with Crippen LogP contribution in [0.2, 0.25) is 0 Å². The van der Waals surface area contributed by atoms with Crippen molar-refractivity contribution >= 4 is 12.4 Å². The summed E-state index contributed by atoms with van der Waals surface area (Å²) in [5, 5.41) is 3.56. The predicted octanol–water partition coefficient (Wildman–Crippen LogP) is 6.43. The Morgan fingerprint density at radius 2 is 0.917 bits per heavy atom. The van der Waals surface area contributed by atoms with E-state index < -0.39 is 0 Å². The van der Waals surface area contributed by atoms with E-state index in [1.807, 2.05) is 0 Å². The van der Waals surface area contributed by atoms with Gasteiger partial charge >= 0.3 is 0 Å². The molecule has 0 aliphatic heterocycles. The fourth-order valence-corrected chi connectivity index (χ4v) is 3.09. The Bertz CT molecular complexity index is 210. The van der Waals surface area contributed by atoms with Crippen molar-refractivity contribution in [1.82, 2.24) is 10.2 Å². The van der Waals surface area contributed by atoms with Crippen molar-refractivity contribution in [3.05, 3.63) is 0 Å². The molecule has 0 saturated heterocycles. The number of rotatable bonds is 19. The number of hydrogen-bond acceptors (Lipinski definition) is 2. The topological polar surface area (TPSA) is 15.3 Å². The van der Waals surface area contributed by atoms with Crippen LogP contribution in [0.1, 0.15) is 103 Å². The molecule has 0 fully saturated rings. The Labute approximate surface area is 160 Å². The van der Waals surface area contributed by atoms with Crippen LogP contribution in [-0.2, 0) is 0 Å². The molecule has 0 aliphatic carbocycles. The van der Waals surface area contributed by atoms with E-state index in [1.165, 1.54) is 116 Å². The van der Waals surface area contributed by atoms with Gasteiger partial charge in [0.2, 0.25) is 0 Å². The summed E-state index contributed by atoms with van der Waals surface area (Å²) in [6.45, 7) is 5.89. The third-order valence-corrected chi connectivity index (χ3v) is 4.67. The molecule has 2 nitrogen and oxygen atoms in total. The predicted molar refractivity (Wildman–Crippen MR) is 114 cm³/mol. The summed E-state index contributed by atoms with van der Waals surface area (Å²) in [4.78, 5) is 2.26. The van der Waals surface area contributed by atoms with Gasteiger partial charge in [-0.1, -0.05) is 90.4 Å². The van der Waals surface area contributed by atoms with Crippen molar-refractivity contribution in [2.75, 3.05) is 33.7 Å². The highest BCUT2D eigenvalue weighted by Crippen LogP contribution is 2.12. The van der Waals surface area contributed by atoms with Crippen molar-refractivity contribution in [2.45, 2.75) is 103 Å². The minimum atomic E-state index is 0. The zero-order valence-electron chi connectivity index (χ0n) is 17.1.